The van der Waals surface area contributed by atoms with Crippen molar-refractivity contribution in [2.24, 2.45) is 0 Å². The van der Waals surface area contributed by atoms with Gasteiger partial charge >= 0.3 is 6.18 Å². The van der Waals surface area contributed by atoms with E-state index in [0.29, 0.717) is 6.61 Å². The monoisotopic (exact) mass is 277 g/mol. The Morgan fingerprint density at radius 3 is 2.39 bits per heavy atom. The van der Waals surface area contributed by atoms with Crippen molar-refractivity contribution in [2.45, 2.75) is 38.8 Å². The first-order chi connectivity index (χ1) is 8.09. The van der Waals surface area contributed by atoms with E-state index in [1.807, 2.05) is 0 Å². The van der Waals surface area contributed by atoms with Gasteiger partial charge in [0.1, 0.15) is 0 Å². The van der Waals surface area contributed by atoms with Gasteiger partial charge in [0.2, 0.25) is 5.88 Å². The van der Waals surface area contributed by atoms with Gasteiger partial charge < -0.3 is 4.74 Å². The van der Waals surface area contributed by atoms with Crippen molar-refractivity contribution in [3.05, 3.63) is 23.4 Å². The van der Waals surface area contributed by atoms with Crippen molar-refractivity contribution < 1.29 is 17.9 Å². The molecule has 6 heteroatoms. The van der Waals surface area contributed by atoms with E-state index in [9.17, 15) is 13.2 Å². The highest BCUT2D eigenvalue weighted by atomic mass is 28.3. The highest BCUT2D eigenvalue weighted by Gasteiger charge is 2.33. The first-order valence-corrected chi connectivity index (χ1v) is 9.47. The first-order valence-electron chi connectivity index (χ1n) is 5.76. The summed E-state index contributed by atoms with van der Waals surface area (Å²) in [6, 6.07) is 1.86. The second-order valence-corrected chi connectivity index (χ2v) is 11.1. The first kappa shape index (κ1) is 15.0. The fourth-order valence-electron chi connectivity index (χ4n) is 1.35. The molecule has 0 atom stereocenters. The summed E-state index contributed by atoms with van der Waals surface area (Å²) in [6.07, 6.45) is -3.16. The number of nitrogens with zero attached hydrogens (tertiary/aromatic N) is 1. The van der Waals surface area contributed by atoms with Crippen LogP contribution in [0.25, 0.3) is 0 Å². The van der Waals surface area contributed by atoms with E-state index in [-0.39, 0.29) is 11.4 Å². The molecule has 2 nitrogen and oxygen atoms in total. The quantitative estimate of drug-likeness (QED) is 0.772. The van der Waals surface area contributed by atoms with E-state index in [2.05, 4.69) is 24.6 Å². The Balaban J connectivity index is 2.74. The standard InChI is InChI=1S/C12H18F3NOSi/c1-9-8-16-11(7-10(9)12(13,14)15)17-5-6-18(2,3)4/h7-8H,5-6H2,1-4H3. The number of rotatable bonds is 4. The summed E-state index contributed by atoms with van der Waals surface area (Å²) < 4.78 is 43.3. The van der Waals surface area contributed by atoms with Crippen LogP contribution in [0.2, 0.25) is 25.7 Å². The third-order valence-electron chi connectivity index (χ3n) is 2.49. The fourth-order valence-corrected chi connectivity index (χ4v) is 2.07. The maximum Gasteiger partial charge on any atom is 0.416 e. The smallest absolute Gasteiger partial charge is 0.416 e. The highest BCUT2D eigenvalue weighted by Crippen LogP contribution is 2.33. The van der Waals surface area contributed by atoms with Crippen LogP contribution >= 0.6 is 0 Å². The molecule has 1 rings (SSSR count). The van der Waals surface area contributed by atoms with Crippen molar-refractivity contribution in [2.75, 3.05) is 6.61 Å². The Bertz CT molecular complexity index is 413. The van der Waals surface area contributed by atoms with E-state index >= 15 is 0 Å². The molecule has 1 heterocycles. The maximum absolute atomic E-state index is 12.7. The summed E-state index contributed by atoms with van der Waals surface area (Å²) in [4.78, 5) is 3.87. The van der Waals surface area contributed by atoms with Gasteiger partial charge in [0, 0.05) is 20.3 Å². The summed E-state index contributed by atoms with van der Waals surface area (Å²) in [6.45, 7) is 8.35. The number of ether oxygens (including phenoxy) is 1. The van der Waals surface area contributed by atoms with Crippen LogP contribution < -0.4 is 4.74 Å². The van der Waals surface area contributed by atoms with Gasteiger partial charge in [-0.15, -0.1) is 0 Å². The molecule has 0 aliphatic carbocycles. The lowest BCUT2D eigenvalue weighted by Crippen LogP contribution is -2.22. The molecule has 0 aliphatic heterocycles. The molecule has 0 N–H and O–H groups in total. The van der Waals surface area contributed by atoms with Crippen molar-refractivity contribution in [1.82, 2.24) is 4.98 Å². The number of aryl methyl sites for hydroxylation is 1. The molecule has 0 amide bonds. The SMILES string of the molecule is Cc1cnc(OCC[Si](C)(C)C)cc1C(F)(F)F. The summed E-state index contributed by atoms with van der Waals surface area (Å²) in [5.74, 6) is 0.0474. The van der Waals surface area contributed by atoms with E-state index in [4.69, 9.17) is 4.74 Å². The largest absolute Gasteiger partial charge is 0.478 e. The maximum atomic E-state index is 12.7. The average Bonchev–Trinajstić information content (AvgIpc) is 2.17. The topological polar surface area (TPSA) is 22.1 Å². The van der Waals surface area contributed by atoms with Crippen LogP contribution in [-0.4, -0.2) is 19.7 Å². The number of hydrogen-bond acceptors (Lipinski definition) is 2. The van der Waals surface area contributed by atoms with Crippen molar-refractivity contribution in [3.63, 3.8) is 0 Å². The predicted molar refractivity (Wildman–Crippen MR) is 67.6 cm³/mol. The lowest BCUT2D eigenvalue weighted by molar-refractivity contribution is -0.138. The molecular formula is C12H18F3NOSi. The molecule has 1 aromatic heterocycles. The van der Waals surface area contributed by atoms with E-state index < -0.39 is 19.8 Å². The van der Waals surface area contributed by atoms with Crippen LogP contribution in [0.5, 0.6) is 5.88 Å². The molecular weight excluding hydrogens is 259 g/mol. The number of aromatic nitrogens is 1. The molecule has 102 valence electrons. The normalized spacial score (nSPS) is 12.6. The molecule has 0 spiro atoms. The minimum absolute atomic E-state index is 0.0474. The molecule has 18 heavy (non-hydrogen) atoms. The molecule has 0 aromatic carbocycles. The zero-order valence-corrected chi connectivity index (χ0v) is 12.1. The van der Waals surface area contributed by atoms with Crippen LogP contribution in [0.15, 0.2) is 12.3 Å². The third kappa shape index (κ3) is 4.68. The van der Waals surface area contributed by atoms with Gasteiger partial charge in [-0.3, -0.25) is 0 Å². The van der Waals surface area contributed by atoms with Crippen molar-refractivity contribution in [3.8, 4) is 5.88 Å². The molecule has 0 radical (unpaired) electrons. The number of hydrogen-bond donors (Lipinski definition) is 0. The Kier molecular flexibility index (Phi) is 4.42. The summed E-state index contributed by atoms with van der Waals surface area (Å²) >= 11 is 0. The van der Waals surface area contributed by atoms with E-state index in [1.165, 1.54) is 13.1 Å². The summed E-state index contributed by atoms with van der Waals surface area (Å²) in [5.41, 5.74) is -0.569. The van der Waals surface area contributed by atoms with Crippen LogP contribution in [0, 0.1) is 6.92 Å². The zero-order valence-electron chi connectivity index (χ0n) is 11.1. The van der Waals surface area contributed by atoms with Gasteiger partial charge in [0.25, 0.3) is 0 Å². The Hall–Kier alpha value is -1.04. The van der Waals surface area contributed by atoms with Crippen LogP contribution in [0.1, 0.15) is 11.1 Å². The highest BCUT2D eigenvalue weighted by molar-refractivity contribution is 6.76. The Morgan fingerprint density at radius 2 is 1.89 bits per heavy atom. The average molecular weight is 277 g/mol. The minimum atomic E-state index is -4.36. The van der Waals surface area contributed by atoms with Gasteiger partial charge in [0.05, 0.1) is 12.2 Å². The fraction of sp³-hybridized carbons (Fsp3) is 0.583. The van der Waals surface area contributed by atoms with Crippen LogP contribution in [-0.2, 0) is 6.18 Å². The van der Waals surface area contributed by atoms with Crippen molar-refractivity contribution >= 4 is 8.07 Å². The van der Waals surface area contributed by atoms with Crippen LogP contribution in [0.3, 0.4) is 0 Å². The minimum Gasteiger partial charge on any atom is -0.478 e. The Labute approximate surface area is 106 Å². The predicted octanol–water partition coefficient (Wildman–Crippen LogP) is 4.13. The lowest BCUT2D eigenvalue weighted by atomic mass is 10.1. The van der Waals surface area contributed by atoms with E-state index in [1.54, 1.807) is 0 Å². The molecule has 0 fully saturated rings. The van der Waals surface area contributed by atoms with Gasteiger partial charge in [-0.25, -0.2) is 4.98 Å². The summed E-state index contributed by atoms with van der Waals surface area (Å²) in [7, 11) is -1.25. The number of alkyl halides is 3. The second-order valence-electron chi connectivity index (χ2n) is 5.49. The second kappa shape index (κ2) is 5.30. The number of halogens is 3. The van der Waals surface area contributed by atoms with Gasteiger partial charge in [-0.05, 0) is 18.5 Å². The lowest BCUT2D eigenvalue weighted by Gasteiger charge is -2.16. The molecule has 0 bridgehead atoms. The van der Waals surface area contributed by atoms with Gasteiger partial charge in [-0.1, -0.05) is 19.6 Å². The molecule has 0 saturated carbocycles. The van der Waals surface area contributed by atoms with E-state index in [0.717, 1.165) is 12.1 Å². The molecule has 0 aliphatic rings. The number of pyridine rings is 1. The molecule has 1 aromatic rings. The molecule has 0 saturated heterocycles. The zero-order chi connectivity index (χ0) is 14.0. The third-order valence-corrected chi connectivity index (χ3v) is 4.19. The van der Waals surface area contributed by atoms with Gasteiger partial charge in [0.15, 0.2) is 0 Å². The van der Waals surface area contributed by atoms with Gasteiger partial charge in [-0.2, -0.15) is 13.2 Å². The van der Waals surface area contributed by atoms with Crippen LogP contribution in [0.4, 0.5) is 13.2 Å². The van der Waals surface area contributed by atoms with Crippen molar-refractivity contribution in [1.29, 1.82) is 0 Å². The summed E-state index contributed by atoms with van der Waals surface area (Å²) in [5, 5.41) is 0. The molecule has 0 unspecified atom stereocenters. The Morgan fingerprint density at radius 1 is 1.28 bits per heavy atom.